The lowest BCUT2D eigenvalue weighted by Crippen LogP contribution is -2.22. The normalized spacial score (nSPS) is 11.6. The molecule has 0 spiro atoms. The van der Waals surface area contributed by atoms with Crippen LogP contribution in [0.4, 0.5) is 0 Å². The molecule has 54 heavy (non-hydrogen) atoms. The van der Waals surface area contributed by atoms with Crippen molar-refractivity contribution < 1.29 is 19.1 Å². The van der Waals surface area contributed by atoms with Gasteiger partial charge in [0.25, 0.3) is 0 Å². The fourth-order valence-corrected chi connectivity index (χ4v) is 7.00. The molecular weight excluding hydrogens is 669 g/mol. The molecule has 306 valence electrons. The van der Waals surface area contributed by atoms with E-state index in [4.69, 9.17) is 9.47 Å². The zero-order valence-corrected chi connectivity index (χ0v) is 35.4. The number of Topliss-reactive ketones (excluding diaryl/α,β-unsaturated/α-hetero) is 2. The molecule has 2 rings (SSSR count). The maximum atomic E-state index is 12.4. The molecule has 0 aliphatic carbocycles. The predicted molar refractivity (Wildman–Crippen MR) is 229 cm³/mol. The van der Waals surface area contributed by atoms with E-state index in [1.807, 2.05) is 0 Å². The molecule has 0 N–H and O–H groups in total. The Bertz CT molecular complexity index is 1090. The second-order valence-corrected chi connectivity index (χ2v) is 15.9. The number of nitrogens with zero attached hydrogens (tertiary/aromatic N) is 2. The van der Waals surface area contributed by atoms with Crippen molar-refractivity contribution in [2.75, 3.05) is 53.5 Å². The minimum Gasteiger partial charge on any atom is -0.369 e. The van der Waals surface area contributed by atoms with Crippen LogP contribution in [0.5, 0.6) is 0 Å². The molecule has 0 saturated carbocycles. The van der Waals surface area contributed by atoms with Gasteiger partial charge in [-0.25, -0.2) is 0 Å². The topological polar surface area (TPSA) is 59.1 Å². The highest BCUT2D eigenvalue weighted by Crippen LogP contribution is 2.21. The van der Waals surface area contributed by atoms with E-state index in [1.54, 1.807) is 0 Å². The Hall–Kier alpha value is -2.38. The maximum Gasteiger partial charge on any atom is 0.158 e. The molecule has 0 bridgehead atoms. The highest BCUT2D eigenvalue weighted by Gasteiger charge is 2.08. The number of carbonyl (C=O) groups is 2. The molecule has 0 heterocycles. The average Bonchev–Trinajstić information content (AvgIpc) is 3.17. The third kappa shape index (κ3) is 25.7. The van der Waals surface area contributed by atoms with Crippen LogP contribution in [0.25, 0.3) is 11.1 Å². The molecular formula is C48H80N2O4. The fraction of sp³-hybridized carbons (Fsp3) is 0.708. The minimum absolute atomic E-state index is 0.176. The monoisotopic (exact) mass is 749 g/mol. The van der Waals surface area contributed by atoms with Crippen molar-refractivity contribution in [3.05, 3.63) is 59.7 Å². The first-order valence-electron chi connectivity index (χ1n) is 22.2. The predicted octanol–water partition coefficient (Wildman–Crippen LogP) is 12.0. The summed E-state index contributed by atoms with van der Waals surface area (Å²) in [5, 5.41) is 0. The molecule has 2 aromatic rings. The van der Waals surface area contributed by atoms with Crippen LogP contribution in [0, 0.1) is 0 Å². The van der Waals surface area contributed by atoms with Crippen LogP contribution in [0.3, 0.4) is 0 Å². The summed E-state index contributed by atoms with van der Waals surface area (Å²) in [6, 6.07) is 16.7. The summed E-state index contributed by atoms with van der Waals surface area (Å²) in [6.07, 6.45) is 27.3. The van der Waals surface area contributed by atoms with Gasteiger partial charge in [0.15, 0.2) is 11.6 Å². The zero-order chi connectivity index (χ0) is 38.9. The van der Waals surface area contributed by atoms with E-state index in [2.05, 4.69) is 86.3 Å². The lowest BCUT2D eigenvalue weighted by Gasteiger charge is -2.16. The van der Waals surface area contributed by atoms with Gasteiger partial charge < -0.3 is 19.3 Å². The molecule has 0 fully saturated rings. The van der Waals surface area contributed by atoms with Crippen LogP contribution >= 0.6 is 0 Å². The number of rotatable bonds is 37. The minimum atomic E-state index is 0.176. The van der Waals surface area contributed by atoms with E-state index >= 15 is 0 Å². The Morgan fingerprint density at radius 2 is 0.722 bits per heavy atom. The van der Waals surface area contributed by atoms with Gasteiger partial charge in [-0.3, -0.25) is 9.59 Å². The van der Waals surface area contributed by atoms with Gasteiger partial charge in [0.2, 0.25) is 0 Å². The molecule has 2 aromatic carbocycles. The standard InChI is InChI=1S/C48H80N2O4/c1-5-7-9-11-13-15-17-19-21-35-49(3)37-23-25-47(51)41-53-39-43-27-31-45(32-28-43)46-33-29-44(30-34-46)40-54-42-48(52)26-24-38-50(4)36-22-20-18-16-14-12-10-8-6-2/h27-34H,5-26,35-42H2,1-4H3. The fourth-order valence-electron chi connectivity index (χ4n) is 7.00. The molecule has 0 radical (unpaired) electrons. The molecule has 0 atom stereocenters. The van der Waals surface area contributed by atoms with Crippen molar-refractivity contribution in [1.29, 1.82) is 0 Å². The van der Waals surface area contributed by atoms with Crippen LogP contribution in [-0.2, 0) is 32.3 Å². The van der Waals surface area contributed by atoms with Crippen molar-refractivity contribution >= 4 is 11.6 Å². The second kappa shape index (κ2) is 32.8. The first-order valence-corrected chi connectivity index (χ1v) is 22.2. The van der Waals surface area contributed by atoms with Gasteiger partial charge in [0.05, 0.1) is 13.2 Å². The van der Waals surface area contributed by atoms with Gasteiger partial charge in [-0.1, -0.05) is 165 Å². The molecule has 6 heteroatoms. The Morgan fingerprint density at radius 1 is 0.426 bits per heavy atom. The third-order valence-corrected chi connectivity index (χ3v) is 10.6. The molecule has 0 aliphatic rings. The van der Waals surface area contributed by atoms with E-state index in [-0.39, 0.29) is 24.8 Å². The van der Waals surface area contributed by atoms with Crippen LogP contribution in [0.1, 0.15) is 166 Å². The van der Waals surface area contributed by atoms with Crippen LogP contribution in [0.15, 0.2) is 48.5 Å². The summed E-state index contributed by atoms with van der Waals surface area (Å²) >= 11 is 0. The molecule has 0 unspecified atom stereocenters. The van der Waals surface area contributed by atoms with Crippen molar-refractivity contribution in [3.8, 4) is 11.1 Å². The van der Waals surface area contributed by atoms with Gasteiger partial charge >= 0.3 is 0 Å². The Balaban J connectivity index is 1.49. The first-order chi connectivity index (χ1) is 26.4. The number of ketones is 2. The third-order valence-electron chi connectivity index (χ3n) is 10.6. The van der Waals surface area contributed by atoms with E-state index in [0.29, 0.717) is 26.1 Å². The lowest BCUT2D eigenvalue weighted by atomic mass is 10.0. The van der Waals surface area contributed by atoms with Gasteiger partial charge in [-0.05, 0) is 88.2 Å². The quantitative estimate of drug-likeness (QED) is 0.0641. The highest BCUT2D eigenvalue weighted by molar-refractivity contribution is 5.80. The number of carbonyl (C=O) groups excluding carboxylic acids is 2. The van der Waals surface area contributed by atoms with E-state index in [0.717, 1.165) is 61.3 Å². The van der Waals surface area contributed by atoms with Crippen molar-refractivity contribution in [1.82, 2.24) is 9.80 Å². The molecule has 0 amide bonds. The van der Waals surface area contributed by atoms with Crippen molar-refractivity contribution in [3.63, 3.8) is 0 Å². The number of hydrogen-bond donors (Lipinski definition) is 0. The highest BCUT2D eigenvalue weighted by atomic mass is 16.5. The maximum absolute atomic E-state index is 12.4. The molecule has 0 saturated heterocycles. The van der Waals surface area contributed by atoms with E-state index in [9.17, 15) is 9.59 Å². The van der Waals surface area contributed by atoms with E-state index < -0.39 is 0 Å². The number of benzene rings is 2. The SMILES string of the molecule is CCCCCCCCCCCN(C)CCCC(=O)COCc1ccc(-c2ccc(COCC(=O)CCCN(C)CCCCCCCCCCC)cc2)cc1. The van der Waals surface area contributed by atoms with Crippen molar-refractivity contribution in [2.24, 2.45) is 0 Å². The van der Waals surface area contributed by atoms with Gasteiger partial charge in [-0.2, -0.15) is 0 Å². The van der Waals surface area contributed by atoms with Gasteiger partial charge in [-0.15, -0.1) is 0 Å². The summed E-state index contributed by atoms with van der Waals surface area (Å²) in [7, 11) is 4.34. The van der Waals surface area contributed by atoms with Crippen LogP contribution in [-0.4, -0.2) is 74.9 Å². The van der Waals surface area contributed by atoms with E-state index in [1.165, 1.54) is 116 Å². The van der Waals surface area contributed by atoms with Crippen molar-refractivity contribution in [2.45, 2.75) is 168 Å². The van der Waals surface area contributed by atoms with Gasteiger partial charge in [0, 0.05) is 12.8 Å². The summed E-state index contributed by atoms with van der Waals surface area (Å²) in [4.78, 5) is 29.5. The summed E-state index contributed by atoms with van der Waals surface area (Å²) in [5.41, 5.74) is 4.39. The molecule has 6 nitrogen and oxygen atoms in total. The summed E-state index contributed by atoms with van der Waals surface area (Å²) in [5.74, 6) is 0.360. The average molecular weight is 749 g/mol. The smallest absolute Gasteiger partial charge is 0.158 e. The summed E-state index contributed by atoms with van der Waals surface area (Å²) < 4.78 is 11.5. The first kappa shape index (κ1) is 47.8. The Labute approximate surface area is 332 Å². The number of hydrogen-bond acceptors (Lipinski definition) is 6. The summed E-state index contributed by atoms with van der Waals surface area (Å²) in [6.45, 7) is 9.95. The lowest BCUT2D eigenvalue weighted by molar-refractivity contribution is -0.124. The number of ether oxygens (including phenoxy) is 2. The number of unbranched alkanes of at least 4 members (excludes halogenated alkanes) is 16. The molecule has 0 aromatic heterocycles. The molecule has 0 aliphatic heterocycles. The largest absolute Gasteiger partial charge is 0.369 e. The zero-order valence-electron chi connectivity index (χ0n) is 35.4. The Kier molecular flexibility index (Phi) is 29.0. The van der Waals surface area contributed by atoms with Crippen LogP contribution < -0.4 is 0 Å². The second-order valence-electron chi connectivity index (χ2n) is 15.9. The Morgan fingerprint density at radius 3 is 1.06 bits per heavy atom. The van der Waals surface area contributed by atoms with Gasteiger partial charge in [0.1, 0.15) is 13.2 Å². The van der Waals surface area contributed by atoms with Crippen LogP contribution in [0.2, 0.25) is 0 Å².